The molecule has 1 aromatic rings. The first-order chi connectivity index (χ1) is 7.21. The van der Waals surface area contributed by atoms with Crippen LogP contribution in [0.3, 0.4) is 0 Å². The van der Waals surface area contributed by atoms with Crippen molar-refractivity contribution < 1.29 is 23.1 Å². The van der Waals surface area contributed by atoms with E-state index in [4.69, 9.17) is 5.11 Å². The molecule has 0 fully saturated rings. The number of hydrogen-bond acceptors (Lipinski definition) is 3. The molecule has 0 aliphatic heterocycles. The number of carbonyl (C=O) groups is 1. The Bertz CT molecular complexity index is 400. The number of rotatable bonds is 3. The van der Waals surface area contributed by atoms with Crippen LogP contribution in [0.4, 0.5) is 13.2 Å². The lowest BCUT2D eigenvalue weighted by molar-refractivity contribution is -0.179. The quantitative estimate of drug-likeness (QED) is 0.864. The van der Waals surface area contributed by atoms with E-state index in [0.717, 1.165) is 0 Å². The predicted molar refractivity (Wildman–Crippen MR) is 46.8 cm³/mol. The highest BCUT2D eigenvalue weighted by atomic mass is 19.4. The molecule has 1 N–H and O–H groups in total. The van der Waals surface area contributed by atoms with Gasteiger partial charge in [0.15, 0.2) is 6.04 Å². The Morgan fingerprint density at radius 1 is 1.50 bits per heavy atom. The zero-order chi connectivity index (χ0) is 12.5. The van der Waals surface area contributed by atoms with Gasteiger partial charge in [0.05, 0.1) is 6.42 Å². The van der Waals surface area contributed by atoms with Gasteiger partial charge in [-0.3, -0.25) is 4.79 Å². The van der Waals surface area contributed by atoms with Crippen LogP contribution in [0.2, 0.25) is 0 Å². The third-order valence-electron chi connectivity index (χ3n) is 1.95. The number of alkyl halides is 3. The summed E-state index contributed by atoms with van der Waals surface area (Å²) in [6.07, 6.45) is -5.73. The van der Waals surface area contributed by atoms with Crippen LogP contribution in [0.1, 0.15) is 24.1 Å². The maximum atomic E-state index is 12.6. The number of aromatic nitrogens is 3. The monoisotopic (exact) mass is 237 g/mol. The van der Waals surface area contributed by atoms with Crippen LogP contribution in [-0.4, -0.2) is 32.0 Å². The van der Waals surface area contributed by atoms with Crippen LogP contribution in [0.15, 0.2) is 0 Å². The maximum Gasteiger partial charge on any atom is 0.411 e. The van der Waals surface area contributed by atoms with Crippen LogP contribution in [0, 0.1) is 13.8 Å². The van der Waals surface area contributed by atoms with Crippen molar-refractivity contribution in [3.63, 3.8) is 0 Å². The normalized spacial score (nSPS) is 13.8. The molecule has 0 aliphatic carbocycles. The fourth-order valence-electron chi connectivity index (χ4n) is 1.34. The van der Waals surface area contributed by atoms with E-state index in [-0.39, 0.29) is 11.6 Å². The van der Waals surface area contributed by atoms with Crippen LogP contribution in [-0.2, 0) is 4.79 Å². The summed E-state index contributed by atoms with van der Waals surface area (Å²) in [7, 11) is 0. The van der Waals surface area contributed by atoms with Crippen molar-refractivity contribution in [2.24, 2.45) is 0 Å². The molecule has 1 rings (SSSR count). The van der Waals surface area contributed by atoms with Crippen LogP contribution < -0.4 is 0 Å². The summed E-state index contributed by atoms with van der Waals surface area (Å²) in [5, 5.41) is 12.0. The topological polar surface area (TPSA) is 68.0 Å². The molecule has 1 unspecified atom stereocenters. The Morgan fingerprint density at radius 2 is 2.06 bits per heavy atom. The molecule has 0 saturated carbocycles. The van der Waals surface area contributed by atoms with Gasteiger partial charge in [-0.15, -0.1) is 0 Å². The summed E-state index contributed by atoms with van der Waals surface area (Å²) in [5.41, 5.74) is 0. The van der Waals surface area contributed by atoms with E-state index in [2.05, 4.69) is 10.1 Å². The van der Waals surface area contributed by atoms with Crippen LogP contribution in [0.25, 0.3) is 0 Å². The predicted octanol–water partition coefficient (Wildman–Crippen LogP) is 1.47. The summed E-state index contributed by atoms with van der Waals surface area (Å²) in [4.78, 5) is 14.1. The highest BCUT2D eigenvalue weighted by molar-refractivity contribution is 5.67. The largest absolute Gasteiger partial charge is 0.481 e. The molecule has 0 bridgehead atoms. The number of hydrogen-bond donors (Lipinski definition) is 1. The molecule has 1 aromatic heterocycles. The molecule has 5 nitrogen and oxygen atoms in total. The summed E-state index contributed by atoms with van der Waals surface area (Å²) in [6.45, 7) is 2.79. The molecule has 0 radical (unpaired) electrons. The molecular formula is C8H10F3N3O2. The molecule has 8 heteroatoms. The van der Waals surface area contributed by atoms with E-state index in [9.17, 15) is 18.0 Å². The highest BCUT2D eigenvalue weighted by Gasteiger charge is 2.43. The molecule has 90 valence electrons. The molecule has 0 saturated heterocycles. The Morgan fingerprint density at radius 3 is 2.38 bits per heavy atom. The highest BCUT2D eigenvalue weighted by Crippen LogP contribution is 2.33. The smallest absolute Gasteiger partial charge is 0.411 e. The average Bonchev–Trinajstić information content (AvgIpc) is 2.38. The number of aryl methyl sites for hydroxylation is 2. The molecule has 0 aromatic carbocycles. The van der Waals surface area contributed by atoms with Crippen LogP contribution >= 0.6 is 0 Å². The SMILES string of the molecule is Cc1nc(C)n(C(CC(=O)O)C(F)(F)F)n1. The number of halogens is 3. The lowest BCUT2D eigenvalue weighted by Gasteiger charge is -2.19. The summed E-state index contributed by atoms with van der Waals surface area (Å²) < 4.78 is 38.4. The van der Waals surface area contributed by atoms with E-state index < -0.39 is 24.6 Å². The van der Waals surface area contributed by atoms with Gasteiger partial charge in [-0.05, 0) is 13.8 Å². The average molecular weight is 237 g/mol. The van der Waals surface area contributed by atoms with Crippen molar-refractivity contribution in [3.05, 3.63) is 11.6 Å². The lowest BCUT2D eigenvalue weighted by Crippen LogP contribution is -2.30. The van der Waals surface area contributed by atoms with Gasteiger partial charge in [0.2, 0.25) is 0 Å². The molecule has 0 amide bonds. The minimum absolute atomic E-state index is 0.0427. The van der Waals surface area contributed by atoms with E-state index >= 15 is 0 Å². The second kappa shape index (κ2) is 4.11. The van der Waals surface area contributed by atoms with Crippen LogP contribution in [0.5, 0.6) is 0 Å². The third kappa shape index (κ3) is 2.71. The summed E-state index contributed by atoms with van der Waals surface area (Å²) in [5.74, 6) is -1.31. The Balaban J connectivity index is 3.11. The van der Waals surface area contributed by atoms with Crippen molar-refractivity contribution in [2.45, 2.75) is 32.5 Å². The molecule has 16 heavy (non-hydrogen) atoms. The van der Waals surface area contributed by atoms with Crippen molar-refractivity contribution in [2.75, 3.05) is 0 Å². The molecule has 0 aliphatic rings. The minimum atomic E-state index is -4.66. The molecule has 1 atom stereocenters. The van der Waals surface area contributed by atoms with Crippen molar-refractivity contribution >= 4 is 5.97 Å². The van der Waals surface area contributed by atoms with Gasteiger partial charge in [-0.1, -0.05) is 0 Å². The van der Waals surface area contributed by atoms with E-state index in [0.29, 0.717) is 4.68 Å². The summed E-state index contributed by atoms with van der Waals surface area (Å²) >= 11 is 0. The standard InChI is InChI=1S/C8H10F3N3O2/c1-4-12-5(2)14(13-4)6(3-7(15)16)8(9,10)11/h6H,3H2,1-2H3,(H,15,16). The number of carboxylic acids is 1. The van der Waals surface area contributed by atoms with Crippen molar-refractivity contribution in [1.82, 2.24) is 14.8 Å². The second-order valence-corrected chi connectivity index (χ2v) is 3.31. The van der Waals surface area contributed by atoms with Gasteiger partial charge in [0.1, 0.15) is 11.6 Å². The molecule has 0 spiro atoms. The fourth-order valence-corrected chi connectivity index (χ4v) is 1.34. The van der Waals surface area contributed by atoms with Gasteiger partial charge < -0.3 is 5.11 Å². The zero-order valence-corrected chi connectivity index (χ0v) is 8.62. The van der Waals surface area contributed by atoms with Gasteiger partial charge >= 0.3 is 12.1 Å². The van der Waals surface area contributed by atoms with Crippen molar-refractivity contribution in [3.8, 4) is 0 Å². The first-order valence-electron chi connectivity index (χ1n) is 4.40. The fraction of sp³-hybridized carbons (Fsp3) is 0.625. The first-order valence-corrected chi connectivity index (χ1v) is 4.40. The maximum absolute atomic E-state index is 12.6. The second-order valence-electron chi connectivity index (χ2n) is 3.31. The minimum Gasteiger partial charge on any atom is -0.481 e. The third-order valence-corrected chi connectivity index (χ3v) is 1.95. The number of carboxylic acid groups (broad SMARTS) is 1. The molecule has 1 heterocycles. The van der Waals surface area contributed by atoms with E-state index in [1.807, 2.05) is 0 Å². The lowest BCUT2D eigenvalue weighted by atomic mass is 10.2. The Labute approximate surface area is 88.9 Å². The van der Waals surface area contributed by atoms with Gasteiger partial charge in [0.25, 0.3) is 0 Å². The molecular weight excluding hydrogens is 227 g/mol. The van der Waals surface area contributed by atoms with Gasteiger partial charge in [-0.2, -0.15) is 18.3 Å². The Kier molecular flexibility index (Phi) is 3.20. The van der Waals surface area contributed by atoms with Gasteiger partial charge in [-0.25, -0.2) is 9.67 Å². The van der Waals surface area contributed by atoms with E-state index in [1.165, 1.54) is 13.8 Å². The Hall–Kier alpha value is -1.60. The van der Waals surface area contributed by atoms with Crippen molar-refractivity contribution in [1.29, 1.82) is 0 Å². The first kappa shape index (κ1) is 12.5. The number of aliphatic carboxylic acids is 1. The number of nitrogens with zero attached hydrogens (tertiary/aromatic N) is 3. The van der Waals surface area contributed by atoms with E-state index in [1.54, 1.807) is 0 Å². The van der Waals surface area contributed by atoms with Gasteiger partial charge in [0, 0.05) is 0 Å². The zero-order valence-electron chi connectivity index (χ0n) is 8.62. The summed E-state index contributed by atoms with van der Waals surface area (Å²) in [6, 6.07) is -2.17.